The molecule has 0 bridgehead atoms. The van der Waals surface area contributed by atoms with Crippen molar-refractivity contribution < 1.29 is 0 Å². The highest BCUT2D eigenvalue weighted by atomic mass is 15.4. The molecule has 0 spiro atoms. The van der Waals surface area contributed by atoms with E-state index in [1.165, 1.54) is 11.3 Å². The van der Waals surface area contributed by atoms with E-state index in [0.717, 1.165) is 11.5 Å². The average Bonchev–Trinajstić information content (AvgIpc) is 2.86. The Morgan fingerprint density at radius 1 is 1.27 bits per heavy atom. The molecular formula is C18H20N4. The molecule has 2 aliphatic heterocycles. The molecule has 22 heavy (non-hydrogen) atoms. The Labute approximate surface area is 131 Å². The molecule has 0 aliphatic carbocycles. The van der Waals surface area contributed by atoms with E-state index in [4.69, 9.17) is 0 Å². The van der Waals surface area contributed by atoms with Crippen molar-refractivity contribution in [2.45, 2.75) is 25.4 Å². The van der Waals surface area contributed by atoms with Gasteiger partial charge in [0.2, 0.25) is 0 Å². The van der Waals surface area contributed by atoms with Crippen LogP contribution in [0.2, 0.25) is 0 Å². The fraction of sp³-hybridized carbons (Fsp3) is 0.333. The van der Waals surface area contributed by atoms with Gasteiger partial charge in [0, 0.05) is 24.1 Å². The summed E-state index contributed by atoms with van der Waals surface area (Å²) >= 11 is 0. The van der Waals surface area contributed by atoms with Gasteiger partial charge in [-0.05, 0) is 11.6 Å². The van der Waals surface area contributed by atoms with Crippen LogP contribution in [-0.2, 0) is 5.41 Å². The van der Waals surface area contributed by atoms with Gasteiger partial charge in [-0.15, -0.1) is 6.58 Å². The van der Waals surface area contributed by atoms with E-state index in [2.05, 4.69) is 77.6 Å². The van der Waals surface area contributed by atoms with Gasteiger partial charge in [-0.2, -0.15) is 0 Å². The van der Waals surface area contributed by atoms with Gasteiger partial charge in [-0.3, -0.25) is 0 Å². The van der Waals surface area contributed by atoms with E-state index in [9.17, 15) is 0 Å². The molecule has 0 saturated heterocycles. The molecule has 112 valence electrons. The summed E-state index contributed by atoms with van der Waals surface area (Å²) in [6.45, 7) is 8.71. The quantitative estimate of drug-likeness (QED) is 0.753. The standard InChI is InChI=1S/C18H20N4/c1-5-18(3)12(2)17-21(4)16-15(10-19-11-20-16)22(17)14-9-7-6-8-13(14)18/h5-12,17H,1H2,2-4H3. The van der Waals surface area contributed by atoms with Gasteiger partial charge >= 0.3 is 0 Å². The van der Waals surface area contributed by atoms with Gasteiger partial charge in [-0.25, -0.2) is 9.97 Å². The normalized spacial score (nSPS) is 28.9. The van der Waals surface area contributed by atoms with Gasteiger partial charge in [0.25, 0.3) is 0 Å². The first-order chi connectivity index (χ1) is 10.6. The first-order valence-electron chi connectivity index (χ1n) is 7.64. The van der Waals surface area contributed by atoms with Crippen LogP contribution < -0.4 is 9.80 Å². The SMILES string of the molecule is C=CC1(C)c2ccccc2N2c3cncnc3N(C)C2C1C. The molecule has 4 rings (SSSR count). The van der Waals surface area contributed by atoms with Crippen LogP contribution >= 0.6 is 0 Å². The highest BCUT2D eigenvalue weighted by molar-refractivity contribution is 5.83. The third-order valence-electron chi connectivity index (χ3n) is 5.49. The predicted octanol–water partition coefficient (Wildman–Crippen LogP) is 3.48. The topological polar surface area (TPSA) is 32.3 Å². The number of hydrogen-bond donors (Lipinski definition) is 0. The molecular weight excluding hydrogens is 272 g/mol. The van der Waals surface area contributed by atoms with Gasteiger partial charge in [0.1, 0.15) is 18.2 Å². The van der Waals surface area contributed by atoms with E-state index in [0.29, 0.717) is 5.92 Å². The van der Waals surface area contributed by atoms with E-state index < -0.39 is 0 Å². The Balaban J connectivity index is 2.02. The summed E-state index contributed by atoms with van der Waals surface area (Å²) in [5, 5.41) is 0. The fourth-order valence-electron chi connectivity index (χ4n) is 4.02. The minimum Gasteiger partial charge on any atom is -0.337 e. The molecule has 0 saturated carbocycles. The summed E-state index contributed by atoms with van der Waals surface area (Å²) in [4.78, 5) is 13.4. The van der Waals surface area contributed by atoms with Crippen molar-refractivity contribution in [3.05, 3.63) is 55.0 Å². The third-order valence-corrected chi connectivity index (χ3v) is 5.49. The largest absolute Gasteiger partial charge is 0.337 e. The highest BCUT2D eigenvalue weighted by Crippen LogP contribution is 2.54. The van der Waals surface area contributed by atoms with Gasteiger partial charge in [-0.1, -0.05) is 38.1 Å². The number of allylic oxidation sites excluding steroid dienone is 1. The number of rotatable bonds is 1. The van der Waals surface area contributed by atoms with E-state index in [-0.39, 0.29) is 11.6 Å². The molecule has 3 heterocycles. The molecule has 0 fully saturated rings. The second-order valence-corrected chi connectivity index (χ2v) is 6.42. The van der Waals surface area contributed by atoms with Gasteiger partial charge < -0.3 is 9.80 Å². The molecule has 1 aromatic heterocycles. The maximum atomic E-state index is 4.49. The lowest BCUT2D eigenvalue weighted by Gasteiger charge is -2.49. The van der Waals surface area contributed by atoms with Crippen LogP contribution in [0, 0.1) is 5.92 Å². The second kappa shape index (κ2) is 4.32. The zero-order valence-electron chi connectivity index (χ0n) is 13.2. The molecule has 3 unspecified atom stereocenters. The molecule has 0 radical (unpaired) electrons. The maximum absolute atomic E-state index is 4.49. The van der Waals surface area contributed by atoms with Crippen LogP contribution in [0.5, 0.6) is 0 Å². The zero-order chi connectivity index (χ0) is 15.5. The van der Waals surface area contributed by atoms with Crippen LogP contribution in [-0.4, -0.2) is 23.2 Å². The maximum Gasteiger partial charge on any atom is 0.157 e. The Morgan fingerprint density at radius 2 is 2.05 bits per heavy atom. The number of anilines is 3. The number of hydrogen-bond acceptors (Lipinski definition) is 4. The minimum absolute atomic E-state index is 0.0680. The lowest BCUT2D eigenvalue weighted by atomic mass is 9.68. The summed E-state index contributed by atoms with van der Waals surface area (Å²) < 4.78 is 0. The third kappa shape index (κ3) is 1.42. The smallest absolute Gasteiger partial charge is 0.157 e. The number of aromatic nitrogens is 2. The van der Waals surface area contributed by atoms with E-state index in [1.54, 1.807) is 6.33 Å². The van der Waals surface area contributed by atoms with Crippen molar-refractivity contribution in [3.63, 3.8) is 0 Å². The van der Waals surface area contributed by atoms with Crippen LogP contribution in [0.1, 0.15) is 19.4 Å². The summed E-state index contributed by atoms with van der Waals surface area (Å²) in [6, 6.07) is 8.60. The van der Waals surface area contributed by atoms with Crippen LogP contribution in [0.25, 0.3) is 0 Å². The first-order valence-corrected chi connectivity index (χ1v) is 7.64. The van der Waals surface area contributed by atoms with Crippen molar-refractivity contribution >= 4 is 17.2 Å². The van der Waals surface area contributed by atoms with Crippen molar-refractivity contribution in [1.82, 2.24) is 9.97 Å². The van der Waals surface area contributed by atoms with E-state index in [1.807, 2.05) is 6.20 Å². The van der Waals surface area contributed by atoms with Crippen LogP contribution in [0.3, 0.4) is 0 Å². The number of para-hydroxylation sites is 1. The lowest BCUT2D eigenvalue weighted by molar-refractivity contribution is 0.308. The van der Waals surface area contributed by atoms with Crippen LogP contribution in [0.4, 0.5) is 17.2 Å². The van der Waals surface area contributed by atoms with Crippen molar-refractivity contribution in [2.75, 3.05) is 16.8 Å². The Bertz CT molecular complexity index is 756. The molecule has 0 amide bonds. The molecule has 4 nitrogen and oxygen atoms in total. The zero-order valence-corrected chi connectivity index (χ0v) is 13.2. The molecule has 2 aromatic rings. The van der Waals surface area contributed by atoms with Crippen LogP contribution in [0.15, 0.2) is 49.4 Å². The predicted molar refractivity (Wildman–Crippen MR) is 89.5 cm³/mol. The summed E-state index contributed by atoms with van der Waals surface area (Å²) in [6.07, 6.45) is 5.86. The molecule has 2 aliphatic rings. The molecule has 0 N–H and O–H groups in total. The van der Waals surface area contributed by atoms with Crippen molar-refractivity contribution in [2.24, 2.45) is 5.92 Å². The molecule has 3 atom stereocenters. The second-order valence-electron chi connectivity index (χ2n) is 6.42. The van der Waals surface area contributed by atoms with Crippen molar-refractivity contribution in [3.8, 4) is 0 Å². The first kappa shape index (κ1) is 13.3. The molecule has 4 heteroatoms. The minimum atomic E-state index is -0.0680. The lowest BCUT2D eigenvalue weighted by Crippen LogP contribution is -2.54. The summed E-state index contributed by atoms with van der Waals surface area (Å²) in [5.41, 5.74) is 3.56. The summed E-state index contributed by atoms with van der Waals surface area (Å²) in [7, 11) is 2.12. The molecule has 1 aromatic carbocycles. The Hall–Kier alpha value is -2.36. The average molecular weight is 292 g/mol. The summed E-state index contributed by atoms with van der Waals surface area (Å²) in [5.74, 6) is 1.37. The highest BCUT2D eigenvalue weighted by Gasteiger charge is 2.50. The van der Waals surface area contributed by atoms with Crippen molar-refractivity contribution in [1.29, 1.82) is 0 Å². The number of nitrogens with zero attached hydrogens (tertiary/aromatic N) is 4. The fourth-order valence-corrected chi connectivity index (χ4v) is 4.02. The Morgan fingerprint density at radius 3 is 2.82 bits per heavy atom. The monoisotopic (exact) mass is 292 g/mol. The number of fused-ring (bicyclic) bond motifs is 5. The van der Waals surface area contributed by atoms with Gasteiger partial charge in [0.15, 0.2) is 5.82 Å². The Kier molecular flexibility index (Phi) is 2.61. The van der Waals surface area contributed by atoms with Gasteiger partial charge in [0.05, 0.1) is 6.20 Å². The number of benzene rings is 1. The van der Waals surface area contributed by atoms with E-state index >= 15 is 0 Å².